The van der Waals surface area contributed by atoms with Gasteiger partial charge in [0, 0.05) is 32.2 Å². The second-order valence-corrected chi connectivity index (χ2v) is 7.59. The van der Waals surface area contributed by atoms with E-state index < -0.39 is 26.6 Å². The number of hydrogen-bond acceptors (Lipinski definition) is 5. The molecule has 0 spiro atoms. The van der Waals surface area contributed by atoms with Crippen LogP contribution in [0.25, 0.3) is 0 Å². The molecule has 1 saturated heterocycles. The maximum absolute atomic E-state index is 14.0. The third-order valence-corrected chi connectivity index (χ3v) is 6.16. The Balaban J connectivity index is 1.84. The third-order valence-electron chi connectivity index (χ3n) is 4.34. The van der Waals surface area contributed by atoms with Crippen LogP contribution in [0.3, 0.4) is 0 Å². The van der Waals surface area contributed by atoms with Crippen molar-refractivity contribution in [2.24, 2.45) is 4.99 Å². The predicted octanol–water partition coefficient (Wildman–Crippen LogP) is 0.963. The largest absolute Gasteiger partial charge is 0.339 e. The quantitative estimate of drug-likeness (QED) is 0.808. The fraction of sp³-hybridized carbons (Fsp3) is 0.533. The van der Waals surface area contributed by atoms with Crippen molar-refractivity contribution in [2.75, 3.05) is 45.8 Å². The molecule has 132 valence electrons. The normalized spacial score (nSPS) is 19.7. The van der Waals surface area contributed by atoms with Gasteiger partial charge in [0.25, 0.3) is 10.0 Å². The van der Waals surface area contributed by atoms with E-state index in [-0.39, 0.29) is 6.54 Å². The summed E-state index contributed by atoms with van der Waals surface area (Å²) in [7, 11) is -4.10. The third kappa shape index (κ3) is 3.10. The van der Waals surface area contributed by atoms with Gasteiger partial charge in [-0.3, -0.25) is 4.99 Å². The van der Waals surface area contributed by atoms with E-state index in [4.69, 9.17) is 0 Å². The Morgan fingerprint density at radius 1 is 1.12 bits per heavy atom. The summed E-state index contributed by atoms with van der Waals surface area (Å²) >= 11 is 0. The van der Waals surface area contributed by atoms with E-state index in [1.165, 1.54) is 0 Å². The van der Waals surface area contributed by atoms with Crippen molar-refractivity contribution in [3.8, 4) is 0 Å². The first-order chi connectivity index (χ1) is 11.4. The summed E-state index contributed by atoms with van der Waals surface area (Å²) in [6.45, 7) is 6.53. The van der Waals surface area contributed by atoms with Gasteiger partial charge in [0.2, 0.25) is 5.96 Å². The average molecular weight is 358 g/mol. The summed E-state index contributed by atoms with van der Waals surface area (Å²) in [6, 6.07) is 2.49. The van der Waals surface area contributed by atoms with Crippen molar-refractivity contribution in [1.29, 1.82) is 0 Å². The number of likely N-dealkylation sites (N-methyl/N-ethyl adjacent to an activating group) is 1. The minimum absolute atomic E-state index is 0.169. The molecule has 0 bridgehead atoms. The molecule has 0 amide bonds. The molecule has 1 aromatic carbocycles. The number of halogens is 2. The van der Waals surface area contributed by atoms with Gasteiger partial charge in [0.1, 0.15) is 16.5 Å². The monoisotopic (exact) mass is 358 g/mol. The zero-order valence-electron chi connectivity index (χ0n) is 13.5. The Morgan fingerprint density at radius 2 is 1.83 bits per heavy atom. The smallest absolute Gasteiger partial charge is 0.269 e. The Kier molecular flexibility index (Phi) is 4.73. The number of sulfonamides is 1. The second kappa shape index (κ2) is 6.64. The highest BCUT2D eigenvalue weighted by molar-refractivity contribution is 7.89. The lowest BCUT2D eigenvalue weighted by Gasteiger charge is -2.37. The molecule has 24 heavy (non-hydrogen) atoms. The molecule has 3 rings (SSSR count). The van der Waals surface area contributed by atoms with Crippen LogP contribution >= 0.6 is 0 Å². The van der Waals surface area contributed by atoms with Crippen LogP contribution < -0.4 is 0 Å². The van der Waals surface area contributed by atoms with Gasteiger partial charge in [-0.15, -0.1) is 0 Å². The molecule has 0 unspecified atom stereocenters. The minimum Gasteiger partial charge on any atom is -0.339 e. The van der Waals surface area contributed by atoms with Crippen molar-refractivity contribution >= 4 is 16.0 Å². The molecular weight excluding hydrogens is 338 g/mol. The zero-order chi connectivity index (χ0) is 17.3. The number of nitrogens with zero attached hydrogens (tertiary/aromatic N) is 4. The van der Waals surface area contributed by atoms with E-state index in [0.29, 0.717) is 31.7 Å². The van der Waals surface area contributed by atoms with E-state index in [9.17, 15) is 17.2 Å². The molecule has 0 saturated carbocycles. The van der Waals surface area contributed by atoms with Crippen molar-refractivity contribution < 1.29 is 17.2 Å². The molecule has 1 fully saturated rings. The van der Waals surface area contributed by atoms with Gasteiger partial charge in [-0.1, -0.05) is 6.92 Å². The molecule has 0 N–H and O–H groups in total. The molecule has 0 aliphatic carbocycles. The molecule has 0 atom stereocenters. The van der Waals surface area contributed by atoms with Gasteiger partial charge in [-0.25, -0.2) is 21.5 Å². The minimum atomic E-state index is -4.10. The van der Waals surface area contributed by atoms with Gasteiger partial charge >= 0.3 is 0 Å². The van der Waals surface area contributed by atoms with Gasteiger partial charge < -0.3 is 9.80 Å². The molecule has 9 heteroatoms. The topological polar surface area (TPSA) is 56.2 Å². The van der Waals surface area contributed by atoms with E-state index >= 15 is 0 Å². The Labute approximate surface area is 140 Å². The van der Waals surface area contributed by atoms with E-state index in [0.717, 1.165) is 36.1 Å². The number of rotatable bonds is 3. The molecule has 2 aliphatic rings. The summed E-state index contributed by atoms with van der Waals surface area (Å²) in [5.74, 6) is -1.54. The lowest BCUT2D eigenvalue weighted by atomic mass is 10.3. The number of guanidine groups is 1. The highest BCUT2D eigenvalue weighted by Gasteiger charge is 2.36. The summed E-state index contributed by atoms with van der Waals surface area (Å²) in [6.07, 6.45) is 0. The number of aliphatic imine (C=N–C) groups is 1. The SMILES string of the molecule is CCN1CCN(C2=NCCN2S(=O)(=O)c2ccc(F)cc2F)CC1. The first-order valence-corrected chi connectivity index (χ1v) is 9.37. The zero-order valence-corrected chi connectivity index (χ0v) is 14.3. The molecule has 2 aliphatic heterocycles. The second-order valence-electron chi connectivity index (χ2n) is 5.75. The highest BCUT2D eigenvalue weighted by Crippen LogP contribution is 2.23. The number of piperazine rings is 1. The fourth-order valence-electron chi connectivity index (χ4n) is 2.97. The van der Waals surface area contributed by atoms with Crippen LogP contribution in [0.15, 0.2) is 28.1 Å². The maximum Gasteiger partial charge on any atom is 0.269 e. The summed E-state index contributed by atoms with van der Waals surface area (Å²) < 4.78 is 53.7. The fourth-order valence-corrected chi connectivity index (χ4v) is 4.47. The van der Waals surface area contributed by atoms with Gasteiger partial charge in [-0.05, 0) is 18.7 Å². The Bertz CT molecular complexity index is 746. The number of hydrogen-bond donors (Lipinski definition) is 0. The summed E-state index contributed by atoms with van der Waals surface area (Å²) in [5.41, 5.74) is 0. The van der Waals surface area contributed by atoms with Crippen molar-refractivity contribution in [3.63, 3.8) is 0 Å². The predicted molar refractivity (Wildman–Crippen MR) is 86.2 cm³/mol. The van der Waals surface area contributed by atoms with Crippen molar-refractivity contribution in [1.82, 2.24) is 14.1 Å². The van der Waals surface area contributed by atoms with Crippen molar-refractivity contribution in [3.05, 3.63) is 29.8 Å². The highest BCUT2D eigenvalue weighted by atomic mass is 32.2. The van der Waals surface area contributed by atoms with Crippen molar-refractivity contribution in [2.45, 2.75) is 11.8 Å². The van der Waals surface area contributed by atoms with Gasteiger partial charge in [-0.2, -0.15) is 0 Å². The van der Waals surface area contributed by atoms with Crippen LogP contribution in [0, 0.1) is 11.6 Å². The maximum atomic E-state index is 14.0. The molecule has 1 aromatic rings. The van der Waals surface area contributed by atoms with Gasteiger partial charge in [0.15, 0.2) is 0 Å². The lowest BCUT2D eigenvalue weighted by molar-refractivity contribution is 0.184. The average Bonchev–Trinajstić information content (AvgIpc) is 3.05. The Hall–Kier alpha value is -1.74. The number of benzene rings is 1. The molecule has 6 nitrogen and oxygen atoms in total. The van der Waals surface area contributed by atoms with E-state index in [2.05, 4.69) is 16.8 Å². The molecular formula is C15H20F2N4O2S. The van der Waals surface area contributed by atoms with Crippen LogP contribution in [0.4, 0.5) is 8.78 Å². The van der Waals surface area contributed by atoms with Crippen LogP contribution in [-0.4, -0.2) is 74.3 Å². The standard InChI is InChI=1S/C15H20F2N4O2S/c1-2-19-7-9-20(10-8-19)15-18-5-6-21(15)24(22,23)14-4-3-12(16)11-13(14)17/h3-4,11H,2,5-10H2,1H3. The van der Waals surface area contributed by atoms with Gasteiger partial charge in [0.05, 0.1) is 13.1 Å². The summed E-state index contributed by atoms with van der Waals surface area (Å²) in [5, 5.41) is 0. The molecule has 2 heterocycles. The van der Waals surface area contributed by atoms with Crippen LogP contribution in [0.5, 0.6) is 0 Å². The van der Waals surface area contributed by atoms with Crippen LogP contribution in [0.1, 0.15) is 6.92 Å². The molecule has 0 radical (unpaired) electrons. The first-order valence-electron chi connectivity index (χ1n) is 7.93. The van der Waals surface area contributed by atoms with Crippen LogP contribution in [0.2, 0.25) is 0 Å². The van der Waals surface area contributed by atoms with E-state index in [1.54, 1.807) is 0 Å². The molecule has 0 aromatic heterocycles. The van der Waals surface area contributed by atoms with E-state index in [1.807, 2.05) is 4.90 Å². The lowest BCUT2D eigenvalue weighted by Crippen LogP contribution is -2.53. The summed E-state index contributed by atoms with van der Waals surface area (Å²) in [4.78, 5) is 7.97. The Morgan fingerprint density at radius 3 is 2.46 bits per heavy atom. The first kappa shape index (κ1) is 17.1. The van der Waals surface area contributed by atoms with Crippen LogP contribution in [-0.2, 0) is 10.0 Å².